The quantitative estimate of drug-likeness (QED) is 0.906. The summed E-state index contributed by atoms with van der Waals surface area (Å²) in [5, 5.41) is 0. The Bertz CT molecular complexity index is 342. The summed E-state index contributed by atoms with van der Waals surface area (Å²) in [5.41, 5.74) is 6.90. The summed E-state index contributed by atoms with van der Waals surface area (Å²) in [6, 6.07) is 5.85. The van der Waals surface area contributed by atoms with E-state index in [1.54, 1.807) is 7.11 Å². The molecule has 16 heavy (non-hydrogen) atoms. The third kappa shape index (κ3) is 3.77. The lowest BCUT2D eigenvalue weighted by molar-refractivity contribution is 0.0920. The molecule has 2 N–H and O–H groups in total. The molecule has 2 atom stereocenters. The van der Waals surface area contributed by atoms with Gasteiger partial charge in [0.1, 0.15) is 11.9 Å². The van der Waals surface area contributed by atoms with Gasteiger partial charge in [0.05, 0.1) is 6.61 Å². The Labute approximate surface area is 105 Å². The van der Waals surface area contributed by atoms with Crippen molar-refractivity contribution in [3.63, 3.8) is 0 Å². The Balaban J connectivity index is 2.73. The zero-order valence-corrected chi connectivity index (χ0v) is 11.5. The van der Waals surface area contributed by atoms with Gasteiger partial charge in [-0.2, -0.15) is 0 Å². The Morgan fingerprint density at radius 1 is 1.38 bits per heavy atom. The van der Waals surface area contributed by atoms with Gasteiger partial charge in [-0.1, -0.05) is 22.0 Å². The highest BCUT2D eigenvalue weighted by molar-refractivity contribution is 9.10. The Morgan fingerprint density at radius 3 is 2.56 bits per heavy atom. The zero-order chi connectivity index (χ0) is 12.1. The van der Waals surface area contributed by atoms with Crippen LogP contribution in [0.1, 0.15) is 25.5 Å². The number of rotatable bonds is 5. The maximum atomic E-state index is 5.82. The lowest BCUT2D eigenvalue weighted by Crippen LogP contribution is -2.18. The summed E-state index contributed by atoms with van der Waals surface area (Å²) in [5.74, 6) is 0.820. The van der Waals surface area contributed by atoms with Gasteiger partial charge in [-0.3, -0.25) is 0 Å². The van der Waals surface area contributed by atoms with E-state index in [0.29, 0.717) is 6.61 Å². The molecule has 4 heteroatoms. The first-order valence-electron chi connectivity index (χ1n) is 5.25. The van der Waals surface area contributed by atoms with Gasteiger partial charge in [-0.05, 0) is 31.5 Å². The fourth-order valence-electron chi connectivity index (χ4n) is 1.45. The van der Waals surface area contributed by atoms with Crippen molar-refractivity contribution in [2.75, 3.05) is 13.7 Å². The van der Waals surface area contributed by atoms with Crippen molar-refractivity contribution in [2.45, 2.75) is 26.0 Å². The molecule has 0 radical (unpaired) electrons. The maximum absolute atomic E-state index is 5.82. The van der Waals surface area contributed by atoms with Gasteiger partial charge in [-0.25, -0.2) is 0 Å². The third-order valence-corrected chi connectivity index (χ3v) is 2.89. The van der Waals surface area contributed by atoms with Crippen molar-refractivity contribution in [1.82, 2.24) is 0 Å². The predicted octanol–water partition coefficient (Wildman–Crippen LogP) is 2.88. The first-order chi connectivity index (χ1) is 7.54. The van der Waals surface area contributed by atoms with Crippen LogP contribution in [0.15, 0.2) is 22.7 Å². The smallest absolute Gasteiger partial charge is 0.120 e. The molecule has 90 valence electrons. The van der Waals surface area contributed by atoms with E-state index in [4.69, 9.17) is 15.2 Å². The normalized spacial score (nSPS) is 14.6. The molecule has 0 aliphatic heterocycles. The molecule has 0 saturated heterocycles. The van der Waals surface area contributed by atoms with Crippen molar-refractivity contribution < 1.29 is 9.47 Å². The SMILES string of the molecule is COCC(C)Oc1ccc([C@H](C)N)c(Br)c1. The van der Waals surface area contributed by atoms with Gasteiger partial charge >= 0.3 is 0 Å². The molecule has 1 unspecified atom stereocenters. The molecule has 0 spiro atoms. The summed E-state index contributed by atoms with van der Waals surface area (Å²) < 4.78 is 11.7. The molecular weight excluding hydrogens is 270 g/mol. The molecule has 0 bridgehead atoms. The predicted molar refractivity (Wildman–Crippen MR) is 68.7 cm³/mol. The maximum Gasteiger partial charge on any atom is 0.120 e. The fourth-order valence-corrected chi connectivity index (χ4v) is 2.17. The second kappa shape index (κ2) is 6.23. The van der Waals surface area contributed by atoms with Crippen LogP contribution in [0.2, 0.25) is 0 Å². The van der Waals surface area contributed by atoms with Crippen LogP contribution in [-0.2, 0) is 4.74 Å². The molecule has 0 heterocycles. The number of hydrogen-bond acceptors (Lipinski definition) is 3. The number of ether oxygens (including phenoxy) is 2. The molecule has 0 aromatic heterocycles. The second-order valence-corrected chi connectivity index (χ2v) is 4.71. The molecule has 1 rings (SSSR count). The standard InChI is InChI=1S/C12H18BrNO2/c1-8(7-15-3)16-10-4-5-11(9(2)14)12(13)6-10/h4-6,8-9H,7,14H2,1-3H3/t8?,9-/m0/s1. The summed E-state index contributed by atoms with van der Waals surface area (Å²) in [6.07, 6.45) is 0.0399. The largest absolute Gasteiger partial charge is 0.488 e. The van der Waals surface area contributed by atoms with E-state index in [-0.39, 0.29) is 12.1 Å². The Hall–Kier alpha value is -0.580. The summed E-state index contributed by atoms with van der Waals surface area (Å²) in [6.45, 7) is 4.50. The highest BCUT2D eigenvalue weighted by atomic mass is 79.9. The first kappa shape index (κ1) is 13.5. The lowest BCUT2D eigenvalue weighted by Gasteiger charge is -2.15. The van der Waals surface area contributed by atoms with Crippen molar-refractivity contribution in [3.05, 3.63) is 28.2 Å². The molecular formula is C12H18BrNO2. The molecule has 0 aliphatic rings. The van der Waals surface area contributed by atoms with Gasteiger partial charge in [0, 0.05) is 17.6 Å². The van der Waals surface area contributed by atoms with Crippen LogP contribution in [0.25, 0.3) is 0 Å². The van der Waals surface area contributed by atoms with Gasteiger partial charge in [0.25, 0.3) is 0 Å². The molecule has 1 aromatic carbocycles. The minimum Gasteiger partial charge on any atom is -0.488 e. The van der Waals surface area contributed by atoms with Gasteiger partial charge in [0.2, 0.25) is 0 Å². The summed E-state index contributed by atoms with van der Waals surface area (Å²) in [7, 11) is 1.66. The summed E-state index contributed by atoms with van der Waals surface area (Å²) in [4.78, 5) is 0. The first-order valence-corrected chi connectivity index (χ1v) is 6.04. The van der Waals surface area contributed by atoms with Crippen LogP contribution in [0, 0.1) is 0 Å². The van der Waals surface area contributed by atoms with E-state index in [2.05, 4.69) is 15.9 Å². The van der Waals surface area contributed by atoms with Crippen molar-refractivity contribution in [3.8, 4) is 5.75 Å². The van der Waals surface area contributed by atoms with Crippen LogP contribution in [0.3, 0.4) is 0 Å². The average molecular weight is 288 g/mol. The van der Waals surface area contributed by atoms with E-state index in [1.165, 1.54) is 0 Å². The number of nitrogens with two attached hydrogens (primary N) is 1. The van der Waals surface area contributed by atoms with Crippen LogP contribution in [-0.4, -0.2) is 19.8 Å². The van der Waals surface area contributed by atoms with E-state index in [0.717, 1.165) is 15.8 Å². The van der Waals surface area contributed by atoms with Crippen molar-refractivity contribution in [2.24, 2.45) is 5.73 Å². The van der Waals surface area contributed by atoms with Gasteiger partial charge < -0.3 is 15.2 Å². The molecule has 3 nitrogen and oxygen atoms in total. The Kier molecular flexibility index (Phi) is 5.25. The van der Waals surface area contributed by atoms with Gasteiger partial charge in [-0.15, -0.1) is 0 Å². The molecule has 0 fully saturated rings. The minimum atomic E-state index is 0.0137. The molecule has 0 aliphatic carbocycles. The number of benzene rings is 1. The van der Waals surface area contributed by atoms with Crippen LogP contribution < -0.4 is 10.5 Å². The minimum absolute atomic E-state index is 0.0137. The van der Waals surface area contributed by atoms with Gasteiger partial charge in [0.15, 0.2) is 0 Å². The molecule has 0 saturated carbocycles. The summed E-state index contributed by atoms with van der Waals surface area (Å²) >= 11 is 3.49. The topological polar surface area (TPSA) is 44.5 Å². The van der Waals surface area contributed by atoms with E-state index in [9.17, 15) is 0 Å². The molecule has 0 amide bonds. The van der Waals surface area contributed by atoms with E-state index >= 15 is 0 Å². The second-order valence-electron chi connectivity index (χ2n) is 3.86. The number of halogens is 1. The lowest BCUT2D eigenvalue weighted by atomic mass is 10.1. The van der Waals surface area contributed by atoms with Crippen LogP contribution in [0.4, 0.5) is 0 Å². The Morgan fingerprint density at radius 2 is 2.06 bits per heavy atom. The highest BCUT2D eigenvalue weighted by Gasteiger charge is 2.08. The third-order valence-electron chi connectivity index (χ3n) is 2.20. The monoisotopic (exact) mass is 287 g/mol. The molecule has 1 aromatic rings. The number of methoxy groups -OCH3 is 1. The van der Waals surface area contributed by atoms with Crippen LogP contribution in [0.5, 0.6) is 5.75 Å². The van der Waals surface area contributed by atoms with Crippen molar-refractivity contribution in [1.29, 1.82) is 0 Å². The zero-order valence-electron chi connectivity index (χ0n) is 9.87. The van der Waals surface area contributed by atoms with Crippen LogP contribution >= 0.6 is 15.9 Å². The fraction of sp³-hybridized carbons (Fsp3) is 0.500. The average Bonchev–Trinajstić information content (AvgIpc) is 2.17. The van der Waals surface area contributed by atoms with Crippen molar-refractivity contribution >= 4 is 15.9 Å². The highest BCUT2D eigenvalue weighted by Crippen LogP contribution is 2.27. The number of hydrogen-bond donors (Lipinski definition) is 1. The van der Waals surface area contributed by atoms with E-state index < -0.39 is 0 Å². The van der Waals surface area contributed by atoms with E-state index in [1.807, 2.05) is 32.0 Å².